The molecule has 0 unspecified atom stereocenters. The first-order chi connectivity index (χ1) is 16.7. The quantitative estimate of drug-likeness (QED) is 0.396. The standard InChI is InChI=1S/C24H29BF4N6/c1-14-9-18-17(4-6-19-21(18)23(25)33-32-19)22(35(14)13-24(27,28)29)20-5-3-15(10-30-20)31-16-11-34(12-16)8-2-7-26/h3-6,10,14,16,22,31H,2,7-9,11-13,25H2,1H3,(H,32,33)/t14-,22+/m1/s1. The number of H-pyrrole nitrogens is 1. The van der Waals surface area contributed by atoms with Gasteiger partial charge in [0.1, 0.15) is 0 Å². The molecule has 35 heavy (non-hydrogen) atoms. The summed E-state index contributed by atoms with van der Waals surface area (Å²) in [6, 6.07) is 6.84. The summed E-state index contributed by atoms with van der Waals surface area (Å²) in [5, 5.41) is 11.7. The summed E-state index contributed by atoms with van der Waals surface area (Å²) in [5.41, 5.74) is 5.05. The van der Waals surface area contributed by atoms with Gasteiger partial charge >= 0.3 is 6.18 Å². The summed E-state index contributed by atoms with van der Waals surface area (Å²) in [7, 11) is 1.92. The van der Waals surface area contributed by atoms with Crippen molar-refractivity contribution >= 4 is 30.0 Å². The van der Waals surface area contributed by atoms with Gasteiger partial charge in [-0.05, 0) is 49.1 Å². The van der Waals surface area contributed by atoms with Crippen molar-refractivity contribution in [2.45, 2.75) is 44.1 Å². The zero-order valence-electron chi connectivity index (χ0n) is 19.9. The monoisotopic (exact) mass is 488 g/mol. The molecule has 2 N–H and O–H groups in total. The topological polar surface area (TPSA) is 60.1 Å². The fourth-order valence-corrected chi connectivity index (χ4v) is 5.49. The number of hydrogen-bond donors (Lipinski definition) is 2. The van der Waals surface area contributed by atoms with Crippen LogP contribution in [0.2, 0.25) is 0 Å². The van der Waals surface area contributed by atoms with Gasteiger partial charge in [-0.15, -0.1) is 0 Å². The summed E-state index contributed by atoms with van der Waals surface area (Å²) >= 11 is 0. The molecule has 2 aliphatic heterocycles. The minimum atomic E-state index is -4.32. The van der Waals surface area contributed by atoms with E-state index >= 15 is 0 Å². The average molecular weight is 488 g/mol. The number of likely N-dealkylation sites (tertiary alicyclic amines) is 1. The molecule has 0 spiro atoms. The Balaban J connectivity index is 1.43. The number of aromatic nitrogens is 3. The van der Waals surface area contributed by atoms with Gasteiger partial charge in [-0.1, -0.05) is 6.07 Å². The summed E-state index contributed by atoms with van der Waals surface area (Å²) in [4.78, 5) is 8.32. The molecule has 2 atom stereocenters. The molecule has 2 aliphatic rings. The van der Waals surface area contributed by atoms with E-state index in [1.54, 1.807) is 6.20 Å². The van der Waals surface area contributed by atoms with E-state index in [2.05, 4.69) is 25.4 Å². The molecule has 0 radical (unpaired) electrons. The Morgan fingerprint density at radius 3 is 2.69 bits per heavy atom. The molecule has 11 heteroatoms. The second kappa shape index (κ2) is 9.42. The average Bonchev–Trinajstić information content (AvgIpc) is 3.17. The third-order valence-electron chi connectivity index (χ3n) is 7.11. The number of nitrogens with zero attached hydrogens (tertiary/aromatic N) is 4. The number of hydrogen-bond acceptors (Lipinski definition) is 5. The van der Waals surface area contributed by atoms with Crippen molar-refractivity contribution in [1.82, 2.24) is 25.0 Å². The van der Waals surface area contributed by atoms with Crippen LogP contribution in [-0.2, 0) is 6.42 Å². The third kappa shape index (κ3) is 4.88. The molecule has 6 nitrogen and oxygen atoms in total. The number of anilines is 1. The van der Waals surface area contributed by atoms with Gasteiger partial charge in [-0.25, -0.2) is 0 Å². The Hall–Kier alpha value is -2.66. The Kier molecular flexibility index (Phi) is 6.48. The van der Waals surface area contributed by atoms with Gasteiger partial charge in [0.05, 0.1) is 48.4 Å². The Bertz CT molecular complexity index is 1180. The van der Waals surface area contributed by atoms with E-state index < -0.39 is 18.8 Å². The zero-order chi connectivity index (χ0) is 24.7. The molecule has 2 aromatic heterocycles. The van der Waals surface area contributed by atoms with Crippen LogP contribution in [0.1, 0.15) is 36.2 Å². The number of pyridine rings is 1. The Morgan fingerprint density at radius 1 is 1.20 bits per heavy atom. The van der Waals surface area contributed by atoms with Gasteiger partial charge in [0.25, 0.3) is 0 Å². The second-order valence-corrected chi connectivity index (χ2v) is 9.72. The lowest BCUT2D eigenvalue weighted by molar-refractivity contribution is -0.155. The number of alkyl halides is 4. The first-order valence-corrected chi connectivity index (χ1v) is 12.0. The van der Waals surface area contributed by atoms with E-state index in [0.717, 1.165) is 52.9 Å². The number of halogens is 4. The zero-order valence-corrected chi connectivity index (χ0v) is 19.9. The Morgan fingerprint density at radius 2 is 2.00 bits per heavy atom. The van der Waals surface area contributed by atoms with Crippen LogP contribution in [0.3, 0.4) is 0 Å². The van der Waals surface area contributed by atoms with Crippen molar-refractivity contribution in [2.75, 3.05) is 38.2 Å². The molecular formula is C24H29BF4N6. The van der Waals surface area contributed by atoms with Crippen LogP contribution in [-0.4, -0.2) is 83.9 Å². The van der Waals surface area contributed by atoms with Crippen LogP contribution >= 0.6 is 0 Å². The largest absolute Gasteiger partial charge is 0.401 e. The van der Waals surface area contributed by atoms with Gasteiger partial charge in [0.2, 0.25) is 0 Å². The highest BCUT2D eigenvalue weighted by atomic mass is 19.4. The molecule has 0 saturated carbocycles. The molecule has 4 heterocycles. The lowest BCUT2D eigenvalue weighted by Crippen LogP contribution is -2.54. The van der Waals surface area contributed by atoms with Crippen LogP contribution < -0.4 is 10.9 Å². The van der Waals surface area contributed by atoms with Crippen molar-refractivity contribution in [1.29, 1.82) is 0 Å². The van der Waals surface area contributed by atoms with Gasteiger partial charge in [-0.2, -0.15) is 18.3 Å². The van der Waals surface area contributed by atoms with Gasteiger partial charge in [0, 0.05) is 36.7 Å². The maximum Gasteiger partial charge on any atom is 0.401 e. The molecular weight excluding hydrogens is 459 g/mol. The molecule has 3 aromatic rings. The van der Waals surface area contributed by atoms with Crippen LogP contribution in [0.5, 0.6) is 0 Å². The van der Waals surface area contributed by atoms with Crippen molar-refractivity contribution < 1.29 is 17.6 Å². The van der Waals surface area contributed by atoms with E-state index in [4.69, 9.17) is 0 Å². The molecule has 186 valence electrons. The first kappa shape index (κ1) is 24.1. The molecule has 1 saturated heterocycles. The predicted octanol–water partition coefficient (Wildman–Crippen LogP) is 2.57. The number of benzene rings is 1. The number of aromatic amines is 1. The van der Waals surface area contributed by atoms with Crippen molar-refractivity contribution in [3.63, 3.8) is 0 Å². The fourth-order valence-electron chi connectivity index (χ4n) is 5.49. The molecule has 0 bridgehead atoms. The minimum absolute atomic E-state index is 0.261. The van der Waals surface area contributed by atoms with Crippen molar-refractivity contribution in [2.24, 2.45) is 0 Å². The minimum Gasteiger partial charge on any atom is -0.378 e. The van der Waals surface area contributed by atoms with E-state index in [-0.39, 0.29) is 18.8 Å². The van der Waals surface area contributed by atoms with Crippen LogP contribution in [0.4, 0.5) is 23.2 Å². The van der Waals surface area contributed by atoms with Crippen LogP contribution in [0, 0.1) is 0 Å². The SMILES string of the molecule is Bc1n[nH]c2ccc3c(c12)C[C@@H](C)N(CC(F)(F)F)[C@@H]3c1ccc(NC2CN(CCCF)C2)cn1. The molecule has 1 fully saturated rings. The fraction of sp³-hybridized carbons (Fsp3) is 0.500. The van der Waals surface area contributed by atoms with Gasteiger partial charge in [-0.3, -0.25) is 24.3 Å². The van der Waals surface area contributed by atoms with E-state index in [0.29, 0.717) is 18.5 Å². The molecule has 1 aromatic carbocycles. The summed E-state index contributed by atoms with van der Waals surface area (Å²) < 4.78 is 53.1. The third-order valence-corrected chi connectivity index (χ3v) is 7.11. The van der Waals surface area contributed by atoms with E-state index in [9.17, 15) is 17.6 Å². The maximum absolute atomic E-state index is 13.6. The number of nitrogens with one attached hydrogen (secondary N) is 2. The molecule has 0 aliphatic carbocycles. The molecule has 5 rings (SSSR count). The van der Waals surface area contributed by atoms with Crippen LogP contribution in [0.25, 0.3) is 10.9 Å². The highest BCUT2D eigenvalue weighted by Gasteiger charge is 2.41. The van der Waals surface area contributed by atoms with Gasteiger partial charge in [0.15, 0.2) is 7.85 Å². The lowest BCUT2D eigenvalue weighted by atomic mass is 9.82. The van der Waals surface area contributed by atoms with Crippen molar-refractivity contribution in [3.8, 4) is 0 Å². The normalized spacial score (nSPS) is 21.7. The lowest BCUT2D eigenvalue weighted by Gasteiger charge is -2.42. The summed E-state index contributed by atoms with van der Waals surface area (Å²) in [5.74, 6) is 0. The number of fused-ring (bicyclic) bond motifs is 3. The highest BCUT2D eigenvalue weighted by Crippen LogP contribution is 2.41. The first-order valence-electron chi connectivity index (χ1n) is 12.0. The number of rotatable bonds is 7. The van der Waals surface area contributed by atoms with E-state index in [1.165, 1.54) is 4.90 Å². The molecule has 0 amide bonds. The summed E-state index contributed by atoms with van der Waals surface area (Å²) in [6.07, 6.45) is -1.56. The Labute approximate surface area is 202 Å². The smallest absolute Gasteiger partial charge is 0.378 e. The van der Waals surface area contributed by atoms with Crippen molar-refractivity contribution in [3.05, 3.63) is 47.3 Å². The maximum atomic E-state index is 13.6. The second-order valence-electron chi connectivity index (χ2n) is 9.72. The van der Waals surface area contributed by atoms with Gasteiger partial charge < -0.3 is 5.32 Å². The highest BCUT2D eigenvalue weighted by molar-refractivity contribution is 6.37. The van der Waals surface area contributed by atoms with Crippen LogP contribution in [0.15, 0.2) is 30.5 Å². The predicted molar refractivity (Wildman–Crippen MR) is 131 cm³/mol. The summed E-state index contributed by atoms with van der Waals surface area (Å²) in [6.45, 7) is 2.98. The van der Waals surface area contributed by atoms with E-state index in [1.807, 2.05) is 39.0 Å².